The molecule has 0 amide bonds. The molecule has 1 N–H and O–H groups in total. The second-order valence-electron chi connectivity index (χ2n) is 6.63. The molecule has 3 aromatic rings. The van der Waals surface area contributed by atoms with Crippen LogP contribution in [0.1, 0.15) is 39.9 Å². The summed E-state index contributed by atoms with van der Waals surface area (Å²) in [6, 6.07) is 14.4. The van der Waals surface area contributed by atoms with Gasteiger partial charge in [0.2, 0.25) is 5.78 Å². The van der Waals surface area contributed by atoms with E-state index in [2.05, 4.69) is 0 Å². The first kappa shape index (κ1) is 21.9. The molecule has 0 saturated carbocycles. The molecule has 0 aliphatic rings. The normalized spacial score (nSPS) is 11.4. The number of aliphatic hydroxyl groups excluding tert-OH is 1. The molecule has 0 saturated heterocycles. The second-order valence-corrected chi connectivity index (χ2v) is 6.63. The number of carbonyl (C=O) groups is 1. The van der Waals surface area contributed by atoms with Crippen LogP contribution >= 0.6 is 0 Å². The van der Waals surface area contributed by atoms with Gasteiger partial charge in [-0.25, -0.2) is 0 Å². The van der Waals surface area contributed by atoms with Crippen molar-refractivity contribution in [3.63, 3.8) is 0 Å². The number of carbonyl (C=O) groups excluding carboxylic acids is 1. The highest BCUT2D eigenvalue weighted by Gasteiger charge is 2.28. The minimum atomic E-state index is -0.615. The Labute approximate surface area is 178 Å². The van der Waals surface area contributed by atoms with E-state index in [1.807, 2.05) is 0 Å². The number of hydrogen-bond acceptors (Lipinski definition) is 7. The second kappa shape index (κ2) is 9.84. The van der Waals surface area contributed by atoms with Crippen LogP contribution in [0.2, 0.25) is 0 Å². The third kappa shape index (κ3) is 4.88. The van der Waals surface area contributed by atoms with Crippen LogP contribution in [-0.4, -0.2) is 29.7 Å². The van der Waals surface area contributed by atoms with Crippen molar-refractivity contribution < 1.29 is 28.7 Å². The summed E-state index contributed by atoms with van der Waals surface area (Å²) < 4.78 is 16.2. The summed E-state index contributed by atoms with van der Waals surface area (Å²) in [5, 5.41) is 20.9. The van der Waals surface area contributed by atoms with Crippen LogP contribution in [0.5, 0.6) is 5.75 Å². The third-order valence-electron chi connectivity index (χ3n) is 4.53. The van der Waals surface area contributed by atoms with Gasteiger partial charge in [-0.05, 0) is 36.8 Å². The zero-order valence-electron chi connectivity index (χ0n) is 17.0. The smallest absolute Gasteiger partial charge is 0.284 e. The molecule has 8 heteroatoms. The Kier molecular flexibility index (Phi) is 6.96. The van der Waals surface area contributed by atoms with Gasteiger partial charge in [0.15, 0.2) is 6.79 Å². The van der Waals surface area contributed by atoms with Gasteiger partial charge >= 0.3 is 0 Å². The molecule has 0 aliphatic carbocycles. The first-order valence-corrected chi connectivity index (χ1v) is 9.37. The lowest BCUT2D eigenvalue weighted by Gasteiger charge is -2.14. The fraction of sp³-hybridized carbons (Fsp3) is 0.174. The van der Waals surface area contributed by atoms with Gasteiger partial charge in [0.05, 0.1) is 4.92 Å². The number of nitro benzene ring substituents is 1. The summed E-state index contributed by atoms with van der Waals surface area (Å²) in [5.74, 6) is 0.420. The first-order valence-electron chi connectivity index (χ1n) is 9.37. The standard InChI is InChI=1S/C23H21NO7/c1-15(20-11-9-18(13-25)31-20)12-17-8-10-19(24(27)28)21(23(17)30-14-29-2)22(26)16-6-4-3-5-7-16/h3-12,25H,13-14H2,1-2H3/b15-12+. The van der Waals surface area contributed by atoms with E-state index in [0.717, 1.165) is 0 Å². The molecule has 1 aromatic heterocycles. The molecule has 3 rings (SSSR count). The Morgan fingerprint density at radius 3 is 2.52 bits per heavy atom. The number of rotatable bonds is 9. The Balaban J connectivity index is 2.18. The number of allylic oxidation sites excluding steroid dienone is 1. The zero-order chi connectivity index (χ0) is 22.4. The number of nitrogens with zero attached hydrogens (tertiary/aromatic N) is 1. The molecule has 1 heterocycles. The lowest BCUT2D eigenvalue weighted by molar-refractivity contribution is -0.385. The summed E-state index contributed by atoms with van der Waals surface area (Å²) in [6.45, 7) is 1.34. The van der Waals surface area contributed by atoms with Crippen LogP contribution < -0.4 is 4.74 Å². The van der Waals surface area contributed by atoms with E-state index in [0.29, 0.717) is 28.2 Å². The van der Waals surface area contributed by atoms with E-state index in [1.54, 1.807) is 55.5 Å². The molecule has 8 nitrogen and oxygen atoms in total. The van der Waals surface area contributed by atoms with Gasteiger partial charge in [-0.3, -0.25) is 14.9 Å². The van der Waals surface area contributed by atoms with Gasteiger partial charge in [0.1, 0.15) is 29.4 Å². The summed E-state index contributed by atoms with van der Waals surface area (Å²) in [7, 11) is 1.41. The molecule has 0 unspecified atom stereocenters. The maximum atomic E-state index is 13.2. The summed E-state index contributed by atoms with van der Waals surface area (Å²) in [5.41, 5.74) is 0.889. The zero-order valence-corrected chi connectivity index (χ0v) is 17.0. The van der Waals surface area contributed by atoms with Crippen molar-refractivity contribution in [3.8, 4) is 5.75 Å². The predicted molar refractivity (Wildman–Crippen MR) is 114 cm³/mol. The fourth-order valence-corrected chi connectivity index (χ4v) is 3.06. The molecular formula is C23H21NO7. The van der Waals surface area contributed by atoms with Gasteiger partial charge in [-0.15, -0.1) is 0 Å². The van der Waals surface area contributed by atoms with Crippen LogP contribution in [0.4, 0.5) is 5.69 Å². The van der Waals surface area contributed by atoms with E-state index in [1.165, 1.54) is 19.2 Å². The number of hydrogen-bond donors (Lipinski definition) is 1. The van der Waals surface area contributed by atoms with Crippen LogP contribution in [-0.2, 0) is 11.3 Å². The Morgan fingerprint density at radius 1 is 1.16 bits per heavy atom. The van der Waals surface area contributed by atoms with Crippen LogP contribution in [0.3, 0.4) is 0 Å². The summed E-state index contributed by atoms with van der Waals surface area (Å²) >= 11 is 0. The molecule has 0 atom stereocenters. The molecule has 160 valence electrons. The quantitative estimate of drug-likeness (QED) is 0.234. The van der Waals surface area contributed by atoms with E-state index in [4.69, 9.17) is 13.9 Å². The van der Waals surface area contributed by atoms with Gasteiger partial charge < -0.3 is 19.0 Å². The summed E-state index contributed by atoms with van der Waals surface area (Å²) in [4.78, 5) is 24.3. The van der Waals surface area contributed by atoms with Crippen molar-refractivity contribution in [2.45, 2.75) is 13.5 Å². The van der Waals surface area contributed by atoms with Crippen LogP contribution in [0.15, 0.2) is 59.0 Å². The molecule has 31 heavy (non-hydrogen) atoms. The number of methoxy groups -OCH3 is 1. The van der Waals surface area contributed by atoms with Gasteiger partial charge in [-0.1, -0.05) is 30.3 Å². The monoisotopic (exact) mass is 423 g/mol. The molecule has 0 fully saturated rings. The minimum Gasteiger partial charge on any atom is -0.466 e. The van der Waals surface area contributed by atoms with Gasteiger partial charge in [0.25, 0.3) is 5.69 Å². The van der Waals surface area contributed by atoms with Crippen LogP contribution in [0.25, 0.3) is 11.6 Å². The maximum Gasteiger partial charge on any atom is 0.284 e. The number of furan rings is 1. The molecular weight excluding hydrogens is 402 g/mol. The molecule has 0 aliphatic heterocycles. The highest BCUT2D eigenvalue weighted by molar-refractivity contribution is 6.14. The van der Waals surface area contributed by atoms with Gasteiger partial charge in [0, 0.05) is 24.3 Å². The first-order chi connectivity index (χ1) is 15.0. The van der Waals surface area contributed by atoms with Crippen LogP contribution in [0, 0.1) is 10.1 Å². The van der Waals surface area contributed by atoms with Crippen molar-refractivity contribution in [3.05, 3.63) is 92.9 Å². The van der Waals surface area contributed by atoms with Gasteiger partial charge in [-0.2, -0.15) is 0 Å². The topological polar surface area (TPSA) is 112 Å². The van der Waals surface area contributed by atoms with E-state index in [-0.39, 0.29) is 30.4 Å². The van der Waals surface area contributed by atoms with E-state index in [9.17, 15) is 20.0 Å². The van der Waals surface area contributed by atoms with E-state index >= 15 is 0 Å². The van der Waals surface area contributed by atoms with Crippen molar-refractivity contribution in [2.75, 3.05) is 13.9 Å². The fourth-order valence-electron chi connectivity index (χ4n) is 3.06. The highest BCUT2D eigenvalue weighted by Crippen LogP contribution is 2.36. The number of benzene rings is 2. The van der Waals surface area contributed by atoms with E-state index < -0.39 is 10.7 Å². The molecule has 2 aromatic carbocycles. The lowest BCUT2D eigenvalue weighted by Crippen LogP contribution is -2.11. The minimum absolute atomic E-state index is 0.0400. The molecule has 0 bridgehead atoms. The molecule has 0 spiro atoms. The SMILES string of the molecule is COCOc1c(/C=C(\C)c2ccc(CO)o2)ccc([N+](=O)[O-])c1C(=O)c1ccccc1. The Hall–Kier alpha value is -3.75. The number of ketones is 1. The van der Waals surface area contributed by atoms with Crippen molar-refractivity contribution in [2.24, 2.45) is 0 Å². The number of aliphatic hydroxyl groups is 1. The number of ether oxygens (including phenoxy) is 2. The average molecular weight is 423 g/mol. The Morgan fingerprint density at radius 2 is 1.90 bits per heavy atom. The number of nitro groups is 1. The predicted octanol–water partition coefficient (Wildman–Crippen LogP) is 4.45. The highest BCUT2D eigenvalue weighted by atomic mass is 16.7. The largest absolute Gasteiger partial charge is 0.466 e. The Bertz CT molecular complexity index is 1120. The third-order valence-corrected chi connectivity index (χ3v) is 4.53. The lowest BCUT2D eigenvalue weighted by atomic mass is 9.97. The molecule has 0 radical (unpaired) electrons. The summed E-state index contributed by atoms with van der Waals surface area (Å²) in [6.07, 6.45) is 1.69. The van der Waals surface area contributed by atoms with Crippen molar-refractivity contribution in [1.82, 2.24) is 0 Å². The van der Waals surface area contributed by atoms with Crippen molar-refractivity contribution in [1.29, 1.82) is 0 Å². The average Bonchev–Trinajstić information content (AvgIpc) is 3.27. The maximum absolute atomic E-state index is 13.2. The van der Waals surface area contributed by atoms with Crippen molar-refractivity contribution >= 4 is 23.1 Å².